The van der Waals surface area contributed by atoms with Crippen LogP contribution in [0.3, 0.4) is 0 Å². The molecule has 0 aliphatic carbocycles. The number of aromatic amines is 1. The maximum atomic E-state index is 10.3. The lowest BCUT2D eigenvalue weighted by Gasteiger charge is -2.07. The van der Waals surface area contributed by atoms with Crippen LogP contribution in [0, 0.1) is 6.92 Å². The lowest BCUT2D eigenvalue weighted by Crippen LogP contribution is -2.15. The van der Waals surface area contributed by atoms with E-state index in [1.165, 1.54) is 0 Å². The number of carbonyl (C=O) groups is 1. The molecular formula is C8H12N2O2. The Kier molecular flexibility index (Phi) is 2.50. The molecule has 4 N–H and O–H groups in total. The molecule has 0 aliphatic rings. The highest BCUT2D eigenvalue weighted by atomic mass is 16.4. The Morgan fingerprint density at radius 1 is 1.83 bits per heavy atom. The number of nitrogens with one attached hydrogen (secondary N) is 1. The number of aryl methyl sites for hydroxylation is 1. The molecule has 0 bridgehead atoms. The summed E-state index contributed by atoms with van der Waals surface area (Å²) >= 11 is 0. The molecule has 1 aromatic rings. The summed E-state index contributed by atoms with van der Waals surface area (Å²) in [6.07, 6.45) is 1.73. The summed E-state index contributed by atoms with van der Waals surface area (Å²) < 4.78 is 0. The summed E-state index contributed by atoms with van der Waals surface area (Å²) in [6.45, 7) is 1.87. The third kappa shape index (κ3) is 1.85. The number of carboxylic acid groups (broad SMARTS) is 1. The lowest BCUT2D eigenvalue weighted by atomic mass is 10.1. The Hall–Kier alpha value is -1.29. The maximum Gasteiger partial charge on any atom is 0.305 e. The van der Waals surface area contributed by atoms with Crippen LogP contribution in [-0.4, -0.2) is 16.1 Å². The van der Waals surface area contributed by atoms with E-state index in [4.69, 9.17) is 10.8 Å². The van der Waals surface area contributed by atoms with Crippen molar-refractivity contribution in [2.75, 3.05) is 0 Å². The van der Waals surface area contributed by atoms with Crippen LogP contribution in [0.4, 0.5) is 0 Å². The summed E-state index contributed by atoms with van der Waals surface area (Å²) in [6, 6.07) is 1.40. The molecule has 0 amide bonds. The van der Waals surface area contributed by atoms with Crippen molar-refractivity contribution < 1.29 is 9.90 Å². The highest BCUT2D eigenvalue weighted by molar-refractivity contribution is 5.67. The average Bonchev–Trinajstić information content (AvgIpc) is 2.33. The van der Waals surface area contributed by atoms with Crippen molar-refractivity contribution in [1.29, 1.82) is 0 Å². The van der Waals surface area contributed by atoms with Crippen molar-refractivity contribution in [3.63, 3.8) is 0 Å². The van der Waals surface area contributed by atoms with Crippen LogP contribution in [0.15, 0.2) is 12.3 Å². The molecule has 0 saturated carbocycles. The molecule has 4 heteroatoms. The number of aliphatic carboxylic acids is 1. The summed E-state index contributed by atoms with van der Waals surface area (Å²) in [4.78, 5) is 13.3. The molecule has 1 atom stereocenters. The van der Waals surface area contributed by atoms with E-state index in [2.05, 4.69) is 4.98 Å². The Labute approximate surface area is 70.4 Å². The van der Waals surface area contributed by atoms with Gasteiger partial charge in [-0.3, -0.25) is 4.79 Å². The molecule has 4 nitrogen and oxygen atoms in total. The van der Waals surface area contributed by atoms with Gasteiger partial charge in [0.2, 0.25) is 0 Å². The molecule has 0 aromatic carbocycles. The molecular weight excluding hydrogens is 156 g/mol. The minimum atomic E-state index is -0.872. The van der Waals surface area contributed by atoms with E-state index in [0.29, 0.717) is 0 Å². The molecule has 0 radical (unpaired) electrons. The maximum absolute atomic E-state index is 10.3. The fourth-order valence-corrected chi connectivity index (χ4v) is 1.16. The fourth-order valence-electron chi connectivity index (χ4n) is 1.16. The normalized spacial score (nSPS) is 12.8. The van der Waals surface area contributed by atoms with Gasteiger partial charge in [-0.1, -0.05) is 0 Å². The van der Waals surface area contributed by atoms with Crippen LogP contribution >= 0.6 is 0 Å². The van der Waals surface area contributed by atoms with Gasteiger partial charge in [-0.25, -0.2) is 0 Å². The van der Waals surface area contributed by atoms with Gasteiger partial charge in [-0.15, -0.1) is 0 Å². The zero-order valence-electron chi connectivity index (χ0n) is 6.87. The number of H-pyrrole nitrogens is 1. The van der Waals surface area contributed by atoms with Crippen molar-refractivity contribution in [2.24, 2.45) is 5.73 Å². The molecule has 0 spiro atoms. The van der Waals surface area contributed by atoms with Crippen molar-refractivity contribution in [3.8, 4) is 0 Å². The number of aromatic nitrogens is 1. The first-order valence-corrected chi connectivity index (χ1v) is 3.72. The Morgan fingerprint density at radius 2 is 2.50 bits per heavy atom. The van der Waals surface area contributed by atoms with E-state index in [9.17, 15) is 4.79 Å². The average molecular weight is 168 g/mol. The second-order valence-corrected chi connectivity index (χ2v) is 2.76. The molecule has 1 unspecified atom stereocenters. The van der Waals surface area contributed by atoms with E-state index in [-0.39, 0.29) is 6.42 Å². The van der Waals surface area contributed by atoms with E-state index in [1.54, 1.807) is 6.20 Å². The molecule has 0 aliphatic heterocycles. The van der Waals surface area contributed by atoms with Gasteiger partial charge in [-0.2, -0.15) is 0 Å². The third-order valence-corrected chi connectivity index (χ3v) is 1.79. The van der Waals surface area contributed by atoms with Crippen molar-refractivity contribution in [3.05, 3.63) is 23.5 Å². The van der Waals surface area contributed by atoms with E-state index >= 15 is 0 Å². The van der Waals surface area contributed by atoms with Crippen LogP contribution in [0.1, 0.15) is 23.7 Å². The van der Waals surface area contributed by atoms with E-state index < -0.39 is 12.0 Å². The topological polar surface area (TPSA) is 79.1 Å². The molecule has 1 heterocycles. The van der Waals surface area contributed by atoms with Crippen LogP contribution in [-0.2, 0) is 4.79 Å². The van der Waals surface area contributed by atoms with Crippen LogP contribution in [0.25, 0.3) is 0 Å². The monoisotopic (exact) mass is 168 g/mol. The standard InChI is InChI=1S/C8H12N2O2/c1-5-6(2-3-10-5)7(9)4-8(11)12/h2-3,7,10H,4,9H2,1H3,(H,11,12). The van der Waals surface area contributed by atoms with Crippen molar-refractivity contribution >= 4 is 5.97 Å². The quantitative estimate of drug-likeness (QED) is 0.624. The first-order chi connectivity index (χ1) is 5.61. The second-order valence-electron chi connectivity index (χ2n) is 2.76. The van der Waals surface area contributed by atoms with Gasteiger partial charge in [0, 0.05) is 17.9 Å². The zero-order valence-corrected chi connectivity index (χ0v) is 6.87. The third-order valence-electron chi connectivity index (χ3n) is 1.79. The molecule has 1 rings (SSSR count). The predicted molar refractivity (Wildman–Crippen MR) is 44.7 cm³/mol. The number of rotatable bonds is 3. The smallest absolute Gasteiger partial charge is 0.305 e. The Morgan fingerprint density at radius 3 is 2.92 bits per heavy atom. The van der Waals surface area contributed by atoms with Gasteiger partial charge in [0.15, 0.2) is 0 Å². The molecule has 1 aromatic heterocycles. The molecule has 0 fully saturated rings. The summed E-state index contributed by atoms with van der Waals surface area (Å²) in [5.41, 5.74) is 7.45. The van der Waals surface area contributed by atoms with Gasteiger partial charge < -0.3 is 15.8 Å². The number of hydrogen-bond donors (Lipinski definition) is 3. The van der Waals surface area contributed by atoms with Crippen molar-refractivity contribution in [1.82, 2.24) is 4.98 Å². The number of hydrogen-bond acceptors (Lipinski definition) is 2. The molecule has 0 saturated heterocycles. The SMILES string of the molecule is Cc1[nH]ccc1C(N)CC(=O)O. The fraction of sp³-hybridized carbons (Fsp3) is 0.375. The first-order valence-electron chi connectivity index (χ1n) is 3.72. The van der Waals surface area contributed by atoms with Gasteiger partial charge in [0.05, 0.1) is 6.42 Å². The van der Waals surface area contributed by atoms with Gasteiger partial charge in [-0.05, 0) is 18.6 Å². The van der Waals surface area contributed by atoms with Crippen LogP contribution in [0.5, 0.6) is 0 Å². The predicted octanol–water partition coefficient (Wildman–Crippen LogP) is 0.798. The number of nitrogens with two attached hydrogens (primary N) is 1. The second kappa shape index (κ2) is 3.40. The van der Waals surface area contributed by atoms with Crippen LogP contribution < -0.4 is 5.73 Å². The zero-order chi connectivity index (χ0) is 9.14. The molecule has 66 valence electrons. The lowest BCUT2D eigenvalue weighted by molar-refractivity contribution is -0.137. The van der Waals surface area contributed by atoms with Gasteiger partial charge in [0.25, 0.3) is 0 Å². The summed E-state index contributed by atoms with van der Waals surface area (Å²) in [7, 11) is 0. The summed E-state index contributed by atoms with van der Waals surface area (Å²) in [5.74, 6) is -0.872. The Bertz CT molecular complexity index is 280. The largest absolute Gasteiger partial charge is 0.481 e. The highest BCUT2D eigenvalue weighted by Gasteiger charge is 2.12. The van der Waals surface area contributed by atoms with Crippen molar-refractivity contribution in [2.45, 2.75) is 19.4 Å². The van der Waals surface area contributed by atoms with Gasteiger partial charge >= 0.3 is 5.97 Å². The first kappa shape index (κ1) is 8.80. The summed E-state index contributed by atoms with van der Waals surface area (Å²) in [5, 5.41) is 8.48. The Balaban J connectivity index is 2.71. The van der Waals surface area contributed by atoms with Gasteiger partial charge in [0.1, 0.15) is 0 Å². The minimum absolute atomic E-state index is 0.0291. The minimum Gasteiger partial charge on any atom is -0.481 e. The van der Waals surface area contributed by atoms with E-state index in [0.717, 1.165) is 11.3 Å². The van der Waals surface area contributed by atoms with Crippen LogP contribution in [0.2, 0.25) is 0 Å². The molecule has 12 heavy (non-hydrogen) atoms. The highest BCUT2D eigenvalue weighted by Crippen LogP contribution is 2.16. The number of carboxylic acids is 1. The van der Waals surface area contributed by atoms with E-state index in [1.807, 2.05) is 13.0 Å².